The monoisotopic (exact) mass is 222 g/mol. The van der Waals surface area contributed by atoms with Gasteiger partial charge in [0.05, 0.1) is 12.1 Å². The molecule has 0 aliphatic carbocycles. The van der Waals surface area contributed by atoms with Crippen molar-refractivity contribution in [2.24, 2.45) is 10.2 Å². The van der Waals surface area contributed by atoms with Crippen molar-refractivity contribution in [3.63, 3.8) is 0 Å². The van der Waals surface area contributed by atoms with Crippen LogP contribution in [0.4, 0.5) is 0 Å². The second-order valence-corrected chi connectivity index (χ2v) is 4.15. The zero-order valence-electron chi connectivity index (χ0n) is 9.56. The fourth-order valence-electron chi connectivity index (χ4n) is 0.736. The summed E-state index contributed by atoms with van der Waals surface area (Å²) in [6.45, 7) is 4.61. The average Bonchev–Trinajstić information content (AvgIpc) is 2.24. The quantitative estimate of drug-likeness (QED) is 0.716. The van der Waals surface area contributed by atoms with Crippen molar-refractivity contribution in [3.05, 3.63) is 0 Å². The number of carboxylic acids is 1. The normalized spacial score (nSPS) is 15.1. The Morgan fingerprint density at radius 1 is 1.25 bits per heavy atom. The highest BCUT2D eigenvalue weighted by Crippen LogP contribution is 2.20. The molecule has 1 atom stereocenters. The number of carbonyl (C=O) groups is 1. The molecule has 0 radical (unpaired) electrons. The maximum absolute atomic E-state index is 10.4. The topological polar surface area (TPSA) is 110 Å². The molecular formula is C10H14N4O2. The van der Waals surface area contributed by atoms with Gasteiger partial charge in [0.15, 0.2) is 11.1 Å². The van der Waals surface area contributed by atoms with Crippen LogP contribution < -0.4 is 0 Å². The van der Waals surface area contributed by atoms with E-state index in [0.717, 1.165) is 0 Å². The summed E-state index contributed by atoms with van der Waals surface area (Å²) >= 11 is 0. The third-order valence-electron chi connectivity index (χ3n) is 1.86. The fraction of sp³-hybridized carbons (Fsp3) is 0.700. The van der Waals surface area contributed by atoms with E-state index in [4.69, 9.17) is 15.6 Å². The van der Waals surface area contributed by atoms with Crippen LogP contribution in [0.1, 0.15) is 33.6 Å². The molecule has 0 saturated carbocycles. The number of carboxylic acid groups (broad SMARTS) is 1. The molecule has 0 aromatic carbocycles. The van der Waals surface area contributed by atoms with Crippen LogP contribution in [0, 0.1) is 22.7 Å². The lowest BCUT2D eigenvalue weighted by atomic mass is 9.99. The summed E-state index contributed by atoms with van der Waals surface area (Å²) in [7, 11) is 0. The van der Waals surface area contributed by atoms with Gasteiger partial charge in [0.25, 0.3) is 0 Å². The van der Waals surface area contributed by atoms with Crippen molar-refractivity contribution >= 4 is 5.97 Å². The lowest BCUT2D eigenvalue weighted by Gasteiger charge is -2.15. The van der Waals surface area contributed by atoms with Crippen molar-refractivity contribution in [2.75, 3.05) is 0 Å². The molecule has 16 heavy (non-hydrogen) atoms. The molecule has 1 N–H and O–H groups in total. The largest absolute Gasteiger partial charge is 0.481 e. The van der Waals surface area contributed by atoms with E-state index in [2.05, 4.69) is 10.2 Å². The van der Waals surface area contributed by atoms with Crippen molar-refractivity contribution in [1.29, 1.82) is 10.5 Å². The Labute approximate surface area is 94.2 Å². The van der Waals surface area contributed by atoms with Crippen LogP contribution in [-0.2, 0) is 4.79 Å². The summed E-state index contributed by atoms with van der Waals surface area (Å²) < 4.78 is 0. The van der Waals surface area contributed by atoms with Gasteiger partial charge in [0.2, 0.25) is 0 Å². The minimum absolute atomic E-state index is 0.0733. The average molecular weight is 222 g/mol. The molecule has 0 rings (SSSR count). The van der Waals surface area contributed by atoms with Crippen molar-refractivity contribution in [1.82, 2.24) is 0 Å². The second kappa shape index (κ2) is 5.22. The lowest BCUT2D eigenvalue weighted by molar-refractivity contribution is -0.137. The molecule has 6 heteroatoms. The molecule has 0 aromatic heterocycles. The Hall–Kier alpha value is -1.95. The van der Waals surface area contributed by atoms with Gasteiger partial charge in [0.1, 0.15) is 0 Å². The lowest BCUT2D eigenvalue weighted by Crippen LogP contribution is -2.22. The van der Waals surface area contributed by atoms with E-state index in [1.54, 1.807) is 13.8 Å². The maximum atomic E-state index is 10.4. The van der Waals surface area contributed by atoms with E-state index in [0.29, 0.717) is 0 Å². The van der Waals surface area contributed by atoms with Gasteiger partial charge in [-0.05, 0) is 27.2 Å². The van der Waals surface area contributed by atoms with Crippen molar-refractivity contribution in [2.45, 2.75) is 44.7 Å². The number of azo groups is 1. The number of hydrogen-bond donors (Lipinski definition) is 1. The third-order valence-corrected chi connectivity index (χ3v) is 1.86. The second-order valence-electron chi connectivity index (χ2n) is 4.15. The molecule has 0 bridgehead atoms. The summed E-state index contributed by atoms with van der Waals surface area (Å²) in [5.41, 5.74) is -2.19. The van der Waals surface area contributed by atoms with Crippen LogP contribution in [-0.4, -0.2) is 22.2 Å². The van der Waals surface area contributed by atoms with E-state index in [1.807, 2.05) is 12.1 Å². The number of hydrogen-bond acceptors (Lipinski definition) is 5. The summed E-state index contributed by atoms with van der Waals surface area (Å²) in [6, 6.07) is 3.81. The van der Waals surface area contributed by atoms with Crippen LogP contribution in [0.5, 0.6) is 0 Å². The molecule has 0 amide bonds. The first-order valence-electron chi connectivity index (χ1n) is 4.73. The van der Waals surface area contributed by atoms with E-state index in [-0.39, 0.29) is 12.8 Å². The van der Waals surface area contributed by atoms with Crippen LogP contribution in [0.2, 0.25) is 0 Å². The first-order valence-corrected chi connectivity index (χ1v) is 4.73. The Bertz CT molecular complexity index is 375. The number of nitriles is 2. The molecule has 0 aromatic rings. The summed E-state index contributed by atoms with van der Waals surface area (Å²) in [5, 5.41) is 33.6. The molecular weight excluding hydrogens is 208 g/mol. The molecule has 6 nitrogen and oxygen atoms in total. The van der Waals surface area contributed by atoms with Gasteiger partial charge in [-0.15, -0.1) is 0 Å². The van der Waals surface area contributed by atoms with Crippen LogP contribution in [0.15, 0.2) is 10.2 Å². The van der Waals surface area contributed by atoms with E-state index in [9.17, 15) is 4.79 Å². The standard InChI is InChI=1S/C10H14N4O2/c1-9(2,6-11)13-14-10(3,7-12)5-4-8(15)16/h4-5H2,1-3H3,(H,15,16). The van der Waals surface area contributed by atoms with Crippen molar-refractivity contribution in [3.8, 4) is 12.1 Å². The summed E-state index contributed by atoms with van der Waals surface area (Å²) in [4.78, 5) is 10.4. The van der Waals surface area contributed by atoms with E-state index >= 15 is 0 Å². The maximum Gasteiger partial charge on any atom is 0.303 e. The van der Waals surface area contributed by atoms with Gasteiger partial charge in [-0.3, -0.25) is 4.79 Å². The van der Waals surface area contributed by atoms with E-state index < -0.39 is 17.0 Å². The van der Waals surface area contributed by atoms with Crippen LogP contribution in [0.3, 0.4) is 0 Å². The summed E-state index contributed by atoms with van der Waals surface area (Å²) in [6.07, 6.45) is -0.0834. The van der Waals surface area contributed by atoms with Crippen LogP contribution >= 0.6 is 0 Å². The Morgan fingerprint density at radius 3 is 2.19 bits per heavy atom. The number of nitrogens with zero attached hydrogens (tertiary/aromatic N) is 4. The van der Waals surface area contributed by atoms with Gasteiger partial charge >= 0.3 is 5.97 Å². The molecule has 0 heterocycles. The van der Waals surface area contributed by atoms with Gasteiger partial charge in [-0.1, -0.05) is 0 Å². The molecule has 86 valence electrons. The minimum Gasteiger partial charge on any atom is -0.481 e. The smallest absolute Gasteiger partial charge is 0.303 e. The predicted octanol–water partition coefficient (Wildman–Crippen LogP) is 1.89. The third kappa shape index (κ3) is 5.06. The fourth-order valence-corrected chi connectivity index (χ4v) is 0.736. The minimum atomic E-state index is -1.19. The van der Waals surface area contributed by atoms with E-state index in [1.165, 1.54) is 6.92 Å². The first-order chi connectivity index (χ1) is 7.24. The highest BCUT2D eigenvalue weighted by Gasteiger charge is 2.26. The van der Waals surface area contributed by atoms with Gasteiger partial charge < -0.3 is 5.11 Å². The number of aliphatic carboxylic acids is 1. The Kier molecular flexibility index (Phi) is 4.59. The molecule has 0 aliphatic rings. The Morgan fingerprint density at radius 2 is 1.81 bits per heavy atom. The van der Waals surface area contributed by atoms with Gasteiger partial charge in [-0.25, -0.2) is 0 Å². The predicted molar refractivity (Wildman–Crippen MR) is 55.4 cm³/mol. The number of rotatable bonds is 5. The molecule has 0 fully saturated rings. The molecule has 0 aliphatic heterocycles. The Balaban J connectivity index is 4.69. The molecule has 0 saturated heterocycles. The zero-order valence-corrected chi connectivity index (χ0v) is 9.56. The van der Waals surface area contributed by atoms with Crippen LogP contribution in [0.25, 0.3) is 0 Å². The summed E-state index contributed by atoms with van der Waals surface area (Å²) in [5.74, 6) is -0.990. The molecule has 1 unspecified atom stereocenters. The SMILES string of the molecule is CC(C)(C#N)N=NC(C)(C#N)CCC(=O)O. The molecule has 0 spiro atoms. The highest BCUT2D eigenvalue weighted by atomic mass is 16.4. The highest BCUT2D eigenvalue weighted by molar-refractivity contribution is 5.66. The van der Waals surface area contributed by atoms with Gasteiger partial charge in [-0.2, -0.15) is 20.8 Å². The zero-order chi connectivity index (χ0) is 12.8. The van der Waals surface area contributed by atoms with Crippen molar-refractivity contribution < 1.29 is 9.90 Å². The first kappa shape index (κ1) is 14.1. The van der Waals surface area contributed by atoms with Gasteiger partial charge in [0, 0.05) is 6.42 Å².